The molecule has 2 aromatic rings. The molecule has 0 radical (unpaired) electrons. The molecule has 2 aliphatic heterocycles. The van der Waals surface area contributed by atoms with Crippen LogP contribution in [0.3, 0.4) is 0 Å². The number of pyridine rings is 1. The summed E-state index contributed by atoms with van der Waals surface area (Å²) in [6.45, 7) is 7.87. The van der Waals surface area contributed by atoms with Gasteiger partial charge in [-0.1, -0.05) is 6.92 Å². The minimum absolute atomic E-state index is 0.0317. The fourth-order valence-electron chi connectivity index (χ4n) is 4.19. The third kappa shape index (κ3) is 5.31. The zero-order chi connectivity index (χ0) is 20.8. The van der Waals surface area contributed by atoms with Crippen molar-refractivity contribution >= 4 is 17.4 Å². The second-order valence-corrected chi connectivity index (χ2v) is 8.10. The van der Waals surface area contributed by atoms with Crippen LogP contribution in [0.1, 0.15) is 31.4 Å². The van der Waals surface area contributed by atoms with Gasteiger partial charge in [-0.05, 0) is 25.0 Å². The van der Waals surface area contributed by atoms with E-state index in [9.17, 15) is 4.79 Å². The maximum Gasteiger partial charge on any atom is 0.226 e. The molecule has 2 saturated heterocycles. The van der Waals surface area contributed by atoms with Gasteiger partial charge in [-0.25, -0.2) is 4.98 Å². The second-order valence-electron chi connectivity index (χ2n) is 8.10. The molecule has 4 rings (SSSR count). The molecule has 1 N–H and O–H groups in total. The number of nitrogens with zero attached hydrogens (tertiary/aromatic N) is 5. The third-order valence-corrected chi connectivity index (χ3v) is 5.90. The fraction of sp³-hybridized carbons (Fsp3) is 0.545. The van der Waals surface area contributed by atoms with Crippen LogP contribution < -0.4 is 5.32 Å². The number of likely N-dealkylation sites (tertiary alicyclic amines) is 1. The van der Waals surface area contributed by atoms with E-state index < -0.39 is 0 Å². The van der Waals surface area contributed by atoms with Crippen LogP contribution in [-0.2, 0) is 9.53 Å². The van der Waals surface area contributed by atoms with Gasteiger partial charge in [0.05, 0.1) is 31.3 Å². The van der Waals surface area contributed by atoms with Crippen molar-refractivity contribution in [2.45, 2.75) is 25.7 Å². The Morgan fingerprint density at radius 2 is 1.93 bits per heavy atom. The summed E-state index contributed by atoms with van der Waals surface area (Å²) < 4.78 is 5.40. The first-order valence-corrected chi connectivity index (χ1v) is 10.8. The Morgan fingerprint density at radius 1 is 1.13 bits per heavy atom. The van der Waals surface area contributed by atoms with Crippen molar-refractivity contribution in [3.63, 3.8) is 0 Å². The molecule has 0 saturated carbocycles. The van der Waals surface area contributed by atoms with Crippen LogP contribution in [0.4, 0.5) is 11.5 Å². The molecule has 0 bridgehead atoms. The molecule has 1 atom stereocenters. The average molecular weight is 411 g/mol. The molecule has 1 amide bonds. The summed E-state index contributed by atoms with van der Waals surface area (Å²) in [7, 11) is 0. The molecule has 160 valence electrons. The van der Waals surface area contributed by atoms with Gasteiger partial charge in [0, 0.05) is 62.6 Å². The molecule has 0 aromatic carbocycles. The van der Waals surface area contributed by atoms with Gasteiger partial charge < -0.3 is 15.0 Å². The van der Waals surface area contributed by atoms with Crippen LogP contribution in [0.25, 0.3) is 0 Å². The van der Waals surface area contributed by atoms with Crippen molar-refractivity contribution in [1.82, 2.24) is 24.8 Å². The normalized spacial score (nSPS) is 19.4. The molecule has 0 spiro atoms. The number of anilines is 2. The standard InChI is InChI=1S/C22H30N6O2/c1-17(16-27-10-12-30-13-11-27)22(29)28-8-4-18(5-9-28)20-3-2-19(14-25-20)26-21-15-23-6-7-24-21/h2-3,6-7,14-15,17-18H,4-5,8-13,16H2,1H3,(H,24,26)/t17-/m0/s1. The number of morpholine rings is 1. The van der Waals surface area contributed by atoms with E-state index in [4.69, 9.17) is 4.74 Å². The molecule has 30 heavy (non-hydrogen) atoms. The van der Waals surface area contributed by atoms with E-state index >= 15 is 0 Å². The molecule has 0 aliphatic carbocycles. The van der Waals surface area contributed by atoms with Crippen LogP contribution in [0.2, 0.25) is 0 Å². The van der Waals surface area contributed by atoms with Crippen molar-refractivity contribution in [1.29, 1.82) is 0 Å². The van der Waals surface area contributed by atoms with Gasteiger partial charge in [0.15, 0.2) is 0 Å². The van der Waals surface area contributed by atoms with Crippen molar-refractivity contribution < 1.29 is 9.53 Å². The first-order valence-electron chi connectivity index (χ1n) is 10.8. The number of piperidine rings is 1. The van der Waals surface area contributed by atoms with E-state index in [2.05, 4.69) is 31.2 Å². The predicted molar refractivity (Wildman–Crippen MR) is 115 cm³/mol. The predicted octanol–water partition coefficient (Wildman–Crippen LogP) is 2.29. The molecule has 0 unspecified atom stereocenters. The van der Waals surface area contributed by atoms with Gasteiger partial charge in [-0.2, -0.15) is 0 Å². The molecule has 2 aromatic heterocycles. The zero-order valence-corrected chi connectivity index (χ0v) is 17.5. The second kappa shape index (κ2) is 9.95. The lowest BCUT2D eigenvalue weighted by atomic mass is 9.92. The minimum atomic E-state index is 0.0317. The molecule has 2 fully saturated rings. The first-order chi connectivity index (χ1) is 14.7. The number of rotatable bonds is 6. The summed E-state index contributed by atoms with van der Waals surface area (Å²) in [4.78, 5) is 30.1. The van der Waals surface area contributed by atoms with Crippen molar-refractivity contribution in [2.75, 3.05) is 51.3 Å². The highest BCUT2D eigenvalue weighted by atomic mass is 16.5. The highest BCUT2D eigenvalue weighted by Crippen LogP contribution is 2.28. The maximum absolute atomic E-state index is 12.9. The number of amides is 1. The van der Waals surface area contributed by atoms with Crippen LogP contribution in [-0.4, -0.2) is 76.6 Å². The SMILES string of the molecule is C[C@@H](CN1CCOCC1)C(=O)N1CCC(c2ccc(Nc3cnccn3)cn2)CC1. The van der Waals surface area contributed by atoms with Crippen LogP contribution >= 0.6 is 0 Å². The number of carbonyl (C=O) groups excluding carboxylic acids is 1. The van der Waals surface area contributed by atoms with E-state index in [-0.39, 0.29) is 11.8 Å². The molecule has 8 nitrogen and oxygen atoms in total. The molecule has 2 aliphatic rings. The van der Waals surface area contributed by atoms with Crippen LogP contribution in [0, 0.1) is 5.92 Å². The van der Waals surface area contributed by atoms with E-state index in [1.165, 1.54) is 0 Å². The van der Waals surface area contributed by atoms with E-state index in [0.29, 0.717) is 11.7 Å². The Hall–Kier alpha value is -2.58. The number of carbonyl (C=O) groups is 1. The summed E-state index contributed by atoms with van der Waals surface area (Å²) >= 11 is 0. The number of nitrogens with one attached hydrogen (secondary N) is 1. The van der Waals surface area contributed by atoms with Gasteiger partial charge in [-0.15, -0.1) is 0 Å². The van der Waals surface area contributed by atoms with Crippen molar-refractivity contribution in [3.8, 4) is 0 Å². The monoisotopic (exact) mass is 410 g/mol. The average Bonchev–Trinajstić information content (AvgIpc) is 2.80. The number of hydrogen-bond donors (Lipinski definition) is 1. The summed E-state index contributed by atoms with van der Waals surface area (Å²) in [5.74, 6) is 1.40. The highest BCUT2D eigenvalue weighted by molar-refractivity contribution is 5.78. The Labute approximate surface area is 177 Å². The topological polar surface area (TPSA) is 83.5 Å². The van der Waals surface area contributed by atoms with E-state index in [1.807, 2.05) is 24.1 Å². The smallest absolute Gasteiger partial charge is 0.226 e. The number of hydrogen-bond acceptors (Lipinski definition) is 7. The van der Waals surface area contributed by atoms with Crippen molar-refractivity contribution in [3.05, 3.63) is 42.6 Å². The van der Waals surface area contributed by atoms with E-state index in [1.54, 1.807) is 18.6 Å². The summed E-state index contributed by atoms with van der Waals surface area (Å²) in [5, 5.41) is 3.20. The molecular weight excluding hydrogens is 380 g/mol. The lowest BCUT2D eigenvalue weighted by Crippen LogP contribution is -2.46. The lowest BCUT2D eigenvalue weighted by molar-refractivity contribution is -0.137. The Bertz CT molecular complexity index is 802. The van der Waals surface area contributed by atoms with Crippen LogP contribution in [0.5, 0.6) is 0 Å². The number of ether oxygens (including phenoxy) is 1. The Morgan fingerprint density at radius 3 is 2.60 bits per heavy atom. The minimum Gasteiger partial charge on any atom is -0.379 e. The van der Waals surface area contributed by atoms with Gasteiger partial charge in [0.2, 0.25) is 5.91 Å². The molecular formula is C22H30N6O2. The van der Waals surface area contributed by atoms with Gasteiger partial charge in [-0.3, -0.25) is 19.7 Å². The Balaban J connectivity index is 1.26. The quantitative estimate of drug-likeness (QED) is 0.782. The van der Waals surface area contributed by atoms with Gasteiger partial charge in [0.25, 0.3) is 0 Å². The van der Waals surface area contributed by atoms with Crippen molar-refractivity contribution in [2.24, 2.45) is 5.92 Å². The Kier molecular flexibility index (Phi) is 6.86. The zero-order valence-electron chi connectivity index (χ0n) is 17.5. The van der Waals surface area contributed by atoms with Crippen LogP contribution in [0.15, 0.2) is 36.9 Å². The van der Waals surface area contributed by atoms with Gasteiger partial charge in [0.1, 0.15) is 5.82 Å². The largest absolute Gasteiger partial charge is 0.379 e. The summed E-state index contributed by atoms with van der Waals surface area (Å²) in [5.41, 5.74) is 1.98. The molecule has 4 heterocycles. The summed E-state index contributed by atoms with van der Waals surface area (Å²) in [6, 6.07) is 4.10. The third-order valence-electron chi connectivity index (χ3n) is 5.90. The highest BCUT2D eigenvalue weighted by Gasteiger charge is 2.28. The first kappa shape index (κ1) is 20.7. The summed E-state index contributed by atoms with van der Waals surface area (Å²) in [6.07, 6.45) is 8.74. The van der Waals surface area contributed by atoms with E-state index in [0.717, 1.165) is 70.2 Å². The maximum atomic E-state index is 12.9. The van der Waals surface area contributed by atoms with Gasteiger partial charge >= 0.3 is 0 Å². The number of aromatic nitrogens is 3. The molecule has 8 heteroatoms. The fourth-order valence-corrected chi connectivity index (χ4v) is 4.19. The lowest BCUT2D eigenvalue weighted by Gasteiger charge is -2.35.